The van der Waals surface area contributed by atoms with Gasteiger partial charge in [-0.2, -0.15) is 67.2 Å². The van der Waals surface area contributed by atoms with Crippen LogP contribution in [0.4, 0.5) is 0 Å². The lowest BCUT2D eigenvalue weighted by molar-refractivity contribution is -0.226. The van der Waals surface area contributed by atoms with Crippen LogP contribution in [0.25, 0.3) is 0 Å². The monoisotopic (exact) mass is 1940 g/mol. The van der Waals surface area contributed by atoms with Gasteiger partial charge >= 0.3 is 60.0 Å². The molecule has 0 saturated carbocycles. The third-order valence-electron chi connectivity index (χ3n) is 20.1. The first-order valence-electron chi connectivity index (χ1n) is 39.4. The standard InChI is InChI=1S/C12H23NO5.2C11H22O7S.C10H21NO7S.C9H18O7S.2C9H18O4.3CO2/c1-6(15)13-8-10(17)9(16)7(5-14)18-11(8)12(2,3)4;1-6-8(12)9(13)7(5-17-19(14,15)16)18-10(6)11(2,3)4;1-6-8(13)9(18-19(14,15)16)7(5-12)17-10(6)11(2,3)4;1-10(2,3)9-6(11-19(15,16)17)8(14)7(13)5(4-12)18-9;1-9(2,3)8-7(16-17(12,13)14)6(11)5(10)4-15-8;2*1-9(2,3)8-7(12)6(11)5(10)4-13-8;3*2-1-3/h7-11,14,16-17H,5H2,1-4H3,(H,13,15);2*6-10,12-13H,5H2,1-4H3,(H,14,15,16);5-9,11-14H,4H2,1-3H3,(H,15,16,17);5-8,10-11H,4H2,1-3H3,(H,12,13,14);2*5-8,10-12H,4H2,1-3H3;;;. The van der Waals surface area contributed by atoms with Crippen LogP contribution in [-0.4, -0.2) is 397 Å². The van der Waals surface area contributed by atoms with Crippen molar-refractivity contribution in [2.45, 2.75) is 349 Å². The molecule has 7 fully saturated rings. The zero-order chi connectivity index (χ0) is 101. The largest absolute Gasteiger partial charge is 0.397 e. The Bertz CT molecular complexity index is 3670. The van der Waals surface area contributed by atoms with Gasteiger partial charge in [0.25, 0.3) is 0 Å². The van der Waals surface area contributed by atoms with Gasteiger partial charge in [-0.1, -0.05) is 159 Å². The van der Waals surface area contributed by atoms with Crippen LogP contribution in [0.2, 0.25) is 0 Å². The van der Waals surface area contributed by atoms with Gasteiger partial charge in [-0.3, -0.25) is 23.0 Å². The first kappa shape index (κ1) is 127. The summed E-state index contributed by atoms with van der Waals surface area (Å²) in [6.45, 7) is 42.2. The summed E-state index contributed by atoms with van der Waals surface area (Å²) in [4.78, 5) is 59.9. The number of hydrogen-bond donors (Lipinski definition) is 24. The number of ether oxygens (including phenoxy) is 7. The molecule has 0 bridgehead atoms. The molecule has 7 aliphatic heterocycles. The fraction of sp³-hybridized carbons (Fsp3) is 0.946. The van der Waals surface area contributed by atoms with E-state index >= 15 is 0 Å². The second-order valence-electron chi connectivity index (χ2n) is 38.3. The van der Waals surface area contributed by atoms with Crippen molar-refractivity contribution in [3.8, 4) is 0 Å². The average molecular weight is 1940 g/mol. The van der Waals surface area contributed by atoms with Crippen LogP contribution in [0.3, 0.4) is 0 Å². The second-order valence-corrected chi connectivity index (χ2v) is 42.7. The molecule has 49 nitrogen and oxygen atoms in total. The molecule has 0 spiro atoms. The molecule has 754 valence electrons. The van der Waals surface area contributed by atoms with Crippen LogP contribution < -0.4 is 10.0 Å². The van der Waals surface area contributed by atoms with E-state index in [0.717, 1.165) is 0 Å². The smallest absolute Gasteiger partial charge is 0.394 e. The van der Waals surface area contributed by atoms with E-state index in [1.165, 1.54) is 6.92 Å². The van der Waals surface area contributed by atoms with Gasteiger partial charge in [0.05, 0.1) is 113 Å². The predicted molar refractivity (Wildman–Crippen MR) is 431 cm³/mol. The second kappa shape index (κ2) is 53.4. The van der Waals surface area contributed by atoms with Crippen LogP contribution in [0.5, 0.6) is 0 Å². The molecule has 7 rings (SSSR count). The Morgan fingerprint density at radius 3 is 0.898 bits per heavy atom. The molecule has 7 saturated heterocycles. The molecular formula is C74H142N2O47S4. The zero-order valence-electron chi connectivity index (χ0n) is 75.6. The van der Waals surface area contributed by atoms with Crippen LogP contribution in [0, 0.1) is 49.7 Å². The van der Waals surface area contributed by atoms with Crippen LogP contribution in [0.1, 0.15) is 166 Å². The fourth-order valence-corrected chi connectivity index (χ4v) is 16.1. The van der Waals surface area contributed by atoms with Crippen molar-refractivity contribution in [1.82, 2.24) is 10.0 Å². The highest BCUT2D eigenvalue weighted by Crippen LogP contribution is 2.41. The number of amides is 1. The zero-order valence-corrected chi connectivity index (χ0v) is 78.9. The molecule has 24 N–H and O–H groups in total. The molecule has 7 heterocycles. The molecule has 0 aliphatic carbocycles. The van der Waals surface area contributed by atoms with Gasteiger partial charge in [-0.25, -0.2) is 12.5 Å². The molecule has 0 aromatic heterocycles. The maximum Gasteiger partial charge on any atom is 0.397 e. The van der Waals surface area contributed by atoms with Gasteiger partial charge in [-0.05, 0) is 37.9 Å². The van der Waals surface area contributed by atoms with Gasteiger partial charge in [-0.15, -0.1) is 0 Å². The Morgan fingerprint density at radius 2 is 0.606 bits per heavy atom. The third-order valence-corrected chi connectivity index (χ3v) is 22.0. The minimum atomic E-state index is -4.73. The van der Waals surface area contributed by atoms with Gasteiger partial charge in [0.2, 0.25) is 5.91 Å². The molecule has 32 atom stereocenters. The molecule has 1 amide bonds. The predicted octanol–water partition coefficient (Wildman–Crippen LogP) is -6.13. The highest BCUT2D eigenvalue weighted by Gasteiger charge is 2.55. The van der Waals surface area contributed by atoms with Crippen molar-refractivity contribution in [2.75, 3.05) is 46.2 Å². The number of rotatable bonds is 13. The van der Waals surface area contributed by atoms with E-state index in [4.69, 9.17) is 90.3 Å². The average Bonchev–Trinajstić information content (AvgIpc) is 0.803. The van der Waals surface area contributed by atoms with E-state index < -0.39 is 249 Å². The summed E-state index contributed by atoms with van der Waals surface area (Å²) in [7, 11) is -18.6. The fourth-order valence-electron chi connectivity index (χ4n) is 14.2. The first-order chi connectivity index (χ1) is 57.0. The minimum Gasteiger partial charge on any atom is -0.394 e. The molecule has 0 aromatic carbocycles. The van der Waals surface area contributed by atoms with Gasteiger partial charge in [0.15, 0.2) is 0 Å². The molecule has 32 unspecified atom stereocenters. The van der Waals surface area contributed by atoms with Crippen LogP contribution in [-0.2, 0) is 121 Å². The van der Waals surface area contributed by atoms with E-state index in [-0.39, 0.29) is 96.0 Å². The summed E-state index contributed by atoms with van der Waals surface area (Å²) in [6.07, 6.45) is -27.2. The molecule has 7 aliphatic rings. The highest BCUT2D eigenvalue weighted by atomic mass is 32.3. The van der Waals surface area contributed by atoms with E-state index in [1.54, 1.807) is 55.4 Å². The van der Waals surface area contributed by atoms with Crippen molar-refractivity contribution >= 4 is 65.9 Å². The van der Waals surface area contributed by atoms with Crippen molar-refractivity contribution < 1.29 is 223 Å². The Balaban J connectivity index is -0.00000139. The summed E-state index contributed by atoms with van der Waals surface area (Å²) >= 11 is 0. The summed E-state index contributed by atoms with van der Waals surface area (Å²) < 4.78 is 174. The number of aliphatic hydroxyl groups is 18. The van der Waals surface area contributed by atoms with E-state index in [1.807, 2.05) is 109 Å². The van der Waals surface area contributed by atoms with Crippen molar-refractivity contribution in [1.29, 1.82) is 0 Å². The van der Waals surface area contributed by atoms with Crippen molar-refractivity contribution in [3.63, 3.8) is 0 Å². The number of nitrogens with one attached hydrogen (secondary N) is 2. The maximum atomic E-state index is 11.2. The number of hydrogen-bond acceptors (Lipinski definition) is 43. The third kappa shape index (κ3) is 44.0. The topological polar surface area (TPSA) is 817 Å². The van der Waals surface area contributed by atoms with E-state index in [2.05, 4.69) is 17.9 Å². The molecule has 0 radical (unpaired) electrons. The first-order valence-corrected chi connectivity index (χ1v) is 45.0. The Morgan fingerprint density at radius 1 is 0.339 bits per heavy atom. The Labute approximate surface area is 740 Å². The minimum absolute atomic E-state index is 0.0835. The van der Waals surface area contributed by atoms with E-state index in [9.17, 15) is 120 Å². The van der Waals surface area contributed by atoms with Gasteiger partial charge in [0.1, 0.15) is 116 Å². The SMILES string of the molecule is CC(=O)NC1C(O)C(O)C(CO)OC1C(C)(C)C.CC(C)(C)C1OC(CO)C(O)C(O)C1NS(=O)(=O)O.CC(C)(C)C1OCC(O)C(O)C1O.CC(C)(C)C1OCC(O)C(O)C1O.CC(C)(C)C1OCC(O)C(O)C1OS(=O)(=O)O.CC1C(O)C(O)C(COS(=O)(=O)O)OC1C(C)(C)C.CC1C(O)C(OS(=O)(=O)O)C(CO)OC1C(C)(C)C.O=C=O.O=C=O.O=C=O. The number of carbonyl (C=O) groups is 1. The molecular weight excluding hydrogens is 1800 g/mol. The lowest BCUT2D eigenvalue weighted by Gasteiger charge is -2.47. The molecule has 0 aromatic rings. The van der Waals surface area contributed by atoms with E-state index in [0.29, 0.717) is 0 Å². The summed E-state index contributed by atoms with van der Waals surface area (Å²) in [5, 5.41) is 175. The normalized spacial score (nSPS) is 35.6. The van der Waals surface area contributed by atoms with Crippen molar-refractivity contribution in [3.05, 3.63) is 0 Å². The number of carbonyl (C=O) groups excluding carboxylic acids is 7. The Kier molecular flexibility index (Phi) is 53.5. The summed E-state index contributed by atoms with van der Waals surface area (Å²) in [6, 6.07) is -1.91. The number of aliphatic hydroxyl groups excluding tert-OH is 18. The van der Waals surface area contributed by atoms with Gasteiger partial charge < -0.3 is 130 Å². The quantitative estimate of drug-likeness (QED) is 0.0763. The molecule has 127 heavy (non-hydrogen) atoms. The molecule has 53 heteroatoms. The summed E-state index contributed by atoms with van der Waals surface area (Å²) in [5.74, 6) is -1.02. The van der Waals surface area contributed by atoms with Crippen molar-refractivity contribution in [2.24, 2.45) is 49.7 Å². The van der Waals surface area contributed by atoms with Gasteiger partial charge in [0, 0.05) is 18.8 Å². The Hall–Kier alpha value is -3.91. The summed E-state index contributed by atoms with van der Waals surface area (Å²) in [5.41, 5.74) is -2.51. The highest BCUT2D eigenvalue weighted by molar-refractivity contribution is 7.83. The van der Waals surface area contributed by atoms with Crippen LogP contribution in [0.15, 0.2) is 0 Å². The van der Waals surface area contributed by atoms with Crippen LogP contribution >= 0.6 is 0 Å². The lowest BCUT2D eigenvalue weighted by atomic mass is 9.76. The lowest BCUT2D eigenvalue weighted by Crippen LogP contribution is -2.66. The maximum absolute atomic E-state index is 11.2.